The summed E-state index contributed by atoms with van der Waals surface area (Å²) in [6, 6.07) is 11.9. The van der Waals surface area contributed by atoms with Gasteiger partial charge >= 0.3 is 6.18 Å². The third kappa shape index (κ3) is 6.07. The molecule has 6 heteroatoms. The molecule has 0 aliphatic heterocycles. The smallest absolute Gasteiger partial charge is 0.411 e. The van der Waals surface area contributed by atoms with E-state index in [4.69, 9.17) is 10.5 Å². The highest BCUT2D eigenvalue weighted by molar-refractivity contribution is 5.97. The van der Waals surface area contributed by atoms with E-state index in [2.05, 4.69) is 6.92 Å². The molecule has 0 unspecified atom stereocenters. The Morgan fingerprint density at radius 1 is 0.966 bits per heavy atom. The monoisotopic (exact) mass is 407 g/mol. The summed E-state index contributed by atoms with van der Waals surface area (Å²) < 4.78 is 47.1. The maximum atomic E-state index is 13.8. The number of halogens is 3. The maximum Gasteiger partial charge on any atom is 0.411 e. The molecule has 0 aliphatic rings. The average Bonchev–Trinajstić information content (AvgIpc) is 2.68. The van der Waals surface area contributed by atoms with E-state index in [1.54, 1.807) is 12.1 Å². The van der Waals surface area contributed by atoms with Crippen molar-refractivity contribution in [3.05, 3.63) is 65.2 Å². The predicted molar refractivity (Wildman–Crippen MR) is 108 cm³/mol. The van der Waals surface area contributed by atoms with E-state index < -0.39 is 23.9 Å². The van der Waals surface area contributed by atoms with Gasteiger partial charge in [0.1, 0.15) is 11.3 Å². The number of ketones is 1. The molecule has 0 amide bonds. The van der Waals surface area contributed by atoms with E-state index in [0.717, 1.165) is 31.2 Å². The molecule has 2 rings (SSSR count). The first kappa shape index (κ1) is 22.9. The molecule has 0 radical (unpaired) electrons. The second-order valence-corrected chi connectivity index (χ2v) is 7.37. The fourth-order valence-corrected chi connectivity index (χ4v) is 3.03. The molecule has 1 atom stereocenters. The van der Waals surface area contributed by atoms with Gasteiger partial charge in [-0.25, -0.2) is 0 Å². The molecule has 0 bridgehead atoms. The third-order valence-corrected chi connectivity index (χ3v) is 4.95. The van der Waals surface area contributed by atoms with Gasteiger partial charge in [-0.1, -0.05) is 68.1 Å². The van der Waals surface area contributed by atoms with Gasteiger partial charge in [-0.2, -0.15) is 13.2 Å². The molecule has 29 heavy (non-hydrogen) atoms. The van der Waals surface area contributed by atoms with Crippen molar-refractivity contribution < 1.29 is 22.7 Å². The SMILES string of the molecule is CCCCCCOc1ccc([C@@](N)(CC(=O)c2ccc(C)cc2)C(F)(F)F)cc1. The quantitative estimate of drug-likeness (QED) is 0.391. The lowest BCUT2D eigenvalue weighted by Crippen LogP contribution is -2.51. The Morgan fingerprint density at radius 2 is 1.59 bits per heavy atom. The number of carbonyl (C=O) groups is 1. The summed E-state index contributed by atoms with van der Waals surface area (Å²) >= 11 is 0. The van der Waals surface area contributed by atoms with Crippen LogP contribution < -0.4 is 10.5 Å². The minimum absolute atomic E-state index is 0.163. The Balaban J connectivity index is 2.14. The molecule has 0 saturated carbocycles. The number of Topliss-reactive ketones (excluding diaryl/α,β-unsaturated/α-hetero) is 1. The van der Waals surface area contributed by atoms with Gasteiger partial charge in [0, 0.05) is 12.0 Å². The van der Waals surface area contributed by atoms with Crippen molar-refractivity contribution in [3.63, 3.8) is 0 Å². The minimum atomic E-state index is -4.78. The van der Waals surface area contributed by atoms with E-state index in [0.29, 0.717) is 12.4 Å². The number of benzene rings is 2. The number of rotatable bonds is 10. The van der Waals surface area contributed by atoms with E-state index >= 15 is 0 Å². The molecule has 3 nitrogen and oxygen atoms in total. The van der Waals surface area contributed by atoms with Crippen molar-refractivity contribution in [2.24, 2.45) is 5.73 Å². The summed E-state index contributed by atoms with van der Waals surface area (Å²) in [6.45, 7) is 4.46. The largest absolute Gasteiger partial charge is 0.494 e. The van der Waals surface area contributed by atoms with Crippen molar-refractivity contribution >= 4 is 5.78 Å². The summed E-state index contributed by atoms with van der Waals surface area (Å²) in [7, 11) is 0. The highest BCUT2D eigenvalue weighted by atomic mass is 19.4. The Hall–Kier alpha value is -2.34. The molecule has 0 fully saturated rings. The number of carbonyl (C=O) groups excluding carboxylic acids is 1. The number of hydrogen-bond donors (Lipinski definition) is 1. The molecule has 0 aliphatic carbocycles. The average molecular weight is 407 g/mol. The zero-order valence-electron chi connectivity index (χ0n) is 16.9. The molecule has 2 N–H and O–H groups in total. The molecule has 2 aromatic rings. The molecular weight excluding hydrogens is 379 g/mol. The number of ether oxygens (including phenoxy) is 1. The van der Waals surface area contributed by atoms with Gasteiger partial charge < -0.3 is 10.5 Å². The van der Waals surface area contributed by atoms with Gasteiger partial charge in [0.25, 0.3) is 0 Å². The predicted octanol–water partition coefficient (Wildman–Crippen LogP) is 5.94. The van der Waals surface area contributed by atoms with Crippen LogP contribution in [0.1, 0.15) is 60.5 Å². The molecule has 2 aromatic carbocycles. The Bertz CT molecular complexity index is 785. The lowest BCUT2D eigenvalue weighted by atomic mass is 9.83. The van der Waals surface area contributed by atoms with E-state index in [-0.39, 0.29) is 11.1 Å². The Kier molecular flexibility index (Phi) is 7.85. The van der Waals surface area contributed by atoms with Crippen molar-refractivity contribution in [2.75, 3.05) is 6.61 Å². The van der Waals surface area contributed by atoms with Gasteiger partial charge in [0.05, 0.1) is 6.61 Å². The molecule has 0 aromatic heterocycles. The summed E-state index contributed by atoms with van der Waals surface area (Å²) in [5, 5.41) is 0. The van der Waals surface area contributed by atoms with Crippen molar-refractivity contribution in [2.45, 2.75) is 57.7 Å². The number of alkyl halides is 3. The maximum absolute atomic E-state index is 13.8. The highest BCUT2D eigenvalue weighted by Gasteiger charge is 2.54. The Labute approximate surface area is 170 Å². The van der Waals surface area contributed by atoms with Crippen molar-refractivity contribution in [1.29, 1.82) is 0 Å². The van der Waals surface area contributed by atoms with E-state index in [9.17, 15) is 18.0 Å². The number of unbranched alkanes of at least 4 members (excludes halogenated alkanes) is 3. The van der Waals surface area contributed by atoms with E-state index in [1.807, 2.05) is 6.92 Å². The molecular formula is C23H28F3NO2. The lowest BCUT2D eigenvalue weighted by molar-refractivity contribution is -0.188. The van der Waals surface area contributed by atoms with Crippen LogP contribution in [0.15, 0.2) is 48.5 Å². The van der Waals surface area contributed by atoms with Crippen LogP contribution in [0, 0.1) is 6.92 Å². The van der Waals surface area contributed by atoms with Crippen molar-refractivity contribution in [1.82, 2.24) is 0 Å². The zero-order valence-corrected chi connectivity index (χ0v) is 16.9. The standard InChI is InChI=1S/C23H28F3NO2/c1-3-4-5-6-15-29-20-13-11-19(12-14-20)22(27,23(24,25)26)16-21(28)18-9-7-17(2)8-10-18/h7-14H,3-6,15-16,27H2,1-2H3/t22-/m0/s1. The lowest BCUT2D eigenvalue weighted by Gasteiger charge is -2.32. The van der Waals surface area contributed by atoms with Gasteiger partial charge in [-0.05, 0) is 31.0 Å². The van der Waals surface area contributed by atoms with Crippen LogP contribution in [0.5, 0.6) is 5.75 Å². The van der Waals surface area contributed by atoms with Crippen LogP contribution >= 0.6 is 0 Å². The zero-order chi connectivity index (χ0) is 21.5. The normalized spacial score (nSPS) is 13.7. The summed E-state index contributed by atoms with van der Waals surface area (Å²) in [6.07, 6.45) is -1.46. The second kappa shape index (κ2) is 9.92. The van der Waals surface area contributed by atoms with Crippen LogP contribution in [-0.4, -0.2) is 18.6 Å². The molecule has 0 saturated heterocycles. The Morgan fingerprint density at radius 3 is 2.14 bits per heavy atom. The van der Waals surface area contributed by atoms with Crippen LogP contribution in [0.25, 0.3) is 0 Å². The topological polar surface area (TPSA) is 52.3 Å². The molecule has 158 valence electrons. The van der Waals surface area contributed by atoms with Crippen LogP contribution in [-0.2, 0) is 5.54 Å². The van der Waals surface area contributed by atoms with Gasteiger partial charge in [-0.15, -0.1) is 0 Å². The fourth-order valence-electron chi connectivity index (χ4n) is 3.03. The van der Waals surface area contributed by atoms with E-state index in [1.165, 1.54) is 36.4 Å². The summed E-state index contributed by atoms with van der Waals surface area (Å²) in [5.74, 6) is -0.166. The number of aryl methyl sites for hydroxylation is 1. The fraction of sp³-hybridized carbons (Fsp3) is 0.435. The third-order valence-electron chi connectivity index (χ3n) is 4.95. The highest BCUT2D eigenvalue weighted by Crippen LogP contribution is 2.40. The number of nitrogens with two attached hydrogens (primary N) is 1. The van der Waals surface area contributed by atoms with Gasteiger partial charge in [0.15, 0.2) is 5.78 Å². The van der Waals surface area contributed by atoms with Gasteiger partial charge in [0.2, 0.25) is 0 Å². The van der Waals surface area contributed by atoms with Crippen molar-refractivity contribution in [3.8, 4) is 5.75 Å². The minimum Gasteiger partial charge on any atom is -0.494 e. The number of hydrogen-bond acceptors (Lipinski definition) is 3. The summed E-state index contributed by atoms with van der Waals surface area (Å²) in [4.78, 5) is 12.5. The van der Waals surface area contributed by atoms with Crippen LogP contribution in [0.3, 0.4) is 0 Å². The second-order valence-electron chi connectivity index (χ2n) is 7.37. The van der Waals surface area contributed by atoms with Crippen LogP contribution in [0.2, 0.25) is 0 Å². The summed E-state index contributed by atoms with van der Waals surface area (Å²) in [5.41, 5.74) is 3.98. The molecule has 0 spiro atoms. The first-order valence-electron chi connectivity index (χ1n) is 9.86. The first-order valence-corrected chi connectivity index (χ1v) is 9.86. The molecule has 0 heterocycles. The van der Waals surface area contributed by atoms with Crippen LogP contribution in [0.4, 0.5) is 13.2 Å². The van der Waals surface area contributed by atoms with Gasteiger partial charge in [-0.3, -0.25) is 4.79 Å². The first-order chi connectivity index (χ1) is 13.7.